The van der Waals surface area contributed by atoms with Crippen LogP contribution in [-0.2, 0) is 27.5 Å². The first-order valence-corrected chi connectivity index (χ1v) is 12.4. The van der Waals surface area contributed by atoms with E-state index >= 15 is 0 Å². The van der Waals surface area contributed by atoms with Crippen molar-refractivity contribution in [2.75, 3.05) is 40.3 Å². The third-order valence-corrected chi connectivity index (χ3v) is 6.71. The van der Waals surface area contributed by atoms with Crippen molar-refractivity contribution in [2.45, 2.75) is 44.2 Å². The van der Waals surface area contributed by atoms with Crippen LogP contribution in [0.2, 0.25) is 0 Å². The maximum atomic E-state index is 13.1. The van der Waals surface area contributed by atoms with Gasteiger partial charge < -0.3 is 24.6 Å². The van der Waals surface area contributed by atoms with Gasteiger partial charge in [0.05, 0.1) is 31.8 Å². The number of carbonyl (C=O) groups excluding carboxylic acids is 2. The highest BCUT2D eigenvalue weighted by Crippen LogP contribution is 2.30. The van der Waals surface area contributed by atoms with Crippen LogP contribution in [-0.4, -0.2) is 85.0 Å². The lowest BCUT2D eigenvalue weighted by Crippen LogP contribution is -2.48. The second kappa shape index (κ2) is 10.4. The van der Waals surface area contributed by atoms with Gasteiger partial charge in [-0.25, -0.2) is 0 Å². The number of nitrogens with one attached hydrogen (secondary N) is 1. The fourth-order valence-corrected chi connectivity index (χ4v) is 4.83. The Bertz CT molecular complexity index is 1070. The molecule has 2 atom stereocenters. The van der Waals surface area contributed by atoms with Crippen LogP contribution in [0.5, 0.6) is 11.5 Å². The molecule has 1 saturated heterocycles. The standard InChI is InChI=1S/C27H34N4O4/c1-29(2)17-27(33)31-14-24-25(15-31)34-18-20-6-4-8-23(12-20)35-22-7-3-5-19(11-22)13-30(21-9-10-21)16-26(32)28-24/h3-8,11-12,21,24-25H,9-10,13-18H2,1-2H3,(H,28,32)/t24-,25-/m0/s1. The largest absolute Gasteiger partial charge is 0.457 e. The van der Waals surface area contributed by atoms with Crippen LogP contribution in [0.1, 0.15) is 24.0 Å². The van der Waals surface area contributed by atoms with Gasteiger partial charge >= 0.3 is 0 Å². The Balaban J connectivity index is 1.40. The molecule has 4 bridgehead atoms. The van der Waals surface area contributed by atoms with Gasteiger partial charge in [0.15, 0.2) is 0 Å². The molecule has 2 aliphatic heterocycles. The van der Waals surface area contributed by atoms with Crippen molar-refractivity contribution in [3.8, 4) is 11.5 Å². The number of rotatable bonds is 3. The van der Waals surface area contributed by atoms with Crippen LogP contribution in [0.25, 0.3) is 0 Å². The monoisotopic (exact) mass is 478 g/mol. The average molecular weight is 479 g/mol. The number of nitrogens with zero attached hydrogens (tertiary/aromatic N) is 3. The molecule has 2 fully saturated rings. The summed E-state index contributed by atoms with van der Waals surface area (Å²) in [7, 11) is 3.76. The van der Waals surface area contributed by atoms with E-state index in [2.05, 4.69) is 16.3 Å². The molecule has 1 saturated carbocycles. The molecule has 2 amide bonds. The van der Waals surface area contributed by atoms with Gasteiger partial charge in [-0.15, -0.1) is 0 Å². The predicted molar refractivity (Wildman–Crippen MR) is 132 cm³/mol. The Morgan fingerprint density at radius 3 is 2.46 bits per heavy atom. The third-order valence-electron chi connectivity index (χ3n) is 6.71. The minimum absolute atomic E-state index is 0.0288. The Morgan fingerprint density at radius 1 is 1.03 bits per heavy atom. The first kappa shape index (κ1) is 23.8. The Labute approximate surface area is 206 Å². The molecule has 0 unspecified atom stereocenters. The number of likely N-dealkylation sites (N-methyl/N-ethyl adjacent to an activating group) is 1. The van der Waals surface area contributed by atoms with Gasteiger partial charge in [-0.1, -0.05) is 24.3 Å². The molecule has 1 aliphatic carbocycles. The number of benzene rings is 2. The normalized spacial score (nSPS) is 23.5. The summed E-state index contributed by atoms with van der Waals surface area (Å²) in [4.78, 5) is 31.8. The highest BCUT2D eigenvalue weighted by molar-refractivity contribution is 5.80. The number of likely N-dealkylation sites (tertiary alicyclic amines) is 1. The van der Waals surface area contributed by atoms with E-state index in [0.717, 1.165) is 35.5 Å². The van der Waals surface area contributed by atoms with E-state index in [0.29, 0.717) is 45.4 Å². The summed E-state index contributed by atoms with van der Waals surface area (Å²) in [5, 5.41) is 3.19. The molecule has 35 heavy (non-hydrogen) atoms. The third kappa shape index (κ3) is 6.20. The summed E-state index contributed by atoms with van der Waals surface area (Å²) >= 11 is 0. The number of hydrogen-bond donors (Lipinski definition) is 1. The summed E-state index contributed by atoms with van der Waals surface area (Å²) in [5.74, 6) is 1.55. The molecular formula is C27H34N4O4. The Morgan fingerprint density at radius 2 is 1.74 bits per heavy atom. The van der Waals surface area contributed by atoms with E-state index in [1.165, 1.54) is 0 Å². The van der Waals surface area contributed by atoms with Crippen molar-refractivity contribution in [2.24, 2.45) is 0 Å². The van der Waals surface area contributed by atoms with Crippen molar-refractivity contribution in [1.82, 2.24) is 20.0 Å². The van der Waals surface area contributed by atoms with Gasteiger partial charge in [-0.3, -0.25) is 14.5 Å². The molecule has 8 heteroatoms. The number of carbonyl (C=O) groups is 2. The van der Waals surface area contributed by atoms with E-state index in [1.54, 1.807) is 4.90 Å². The number of ether oxygens (including phenoxy) is 2. The van der Waals surface area contributed by atoms with Gasteiger partial charge in [0.2, 0.25) is 11.8 Å². The Kier molecular flexibility index (Phi) is 7.04. The molecule has 1 N–H and O–H groups in total. The first-order valence-electron chi connectivity index (χ1n) is 12.4. The second-order valence-electron chi connectivity index (χ2n) is 10.1. The molecule has 0 aromatic heterocycles. The van der Waals surface area contributed by atoms with Crippen molar-refractivity contribution in [3.05, 3.63) is 59.7 Å². The molecule has 8 nitrogen and oxygen atoms in total. The van der Waals surface area contributed by atoms with Crippen molar-refractivity contribution in [3.63, 3.8) is 0 Å². The number of hydrogen-bond acceptors (Lipinski definition) is 6. The summed E-state index contributed by atoms with van der Waals surface area (Å²) in [5.41, 5.74) is 2.10. The van der Waals surface area contributed by atoms with Crippen LogP contribution in [0.3, 0.4) is 0 Å². The highest BCUT2D eigenvalue weighted by atomic mass is 16.5. The fourth-order valence-electron chi connectivity index (χ4n) is 4.83. The lowest BCUT2D eigenvalue weighted by Gasteiger charge is -2.25. The smallest absolute Gasteiger partial charge is 0.236 e. The quantitative estimate of drug-likeness (QED) is 0.730. The van der Waals surface area contributed by atoms with E-state index in [1.807, 2.05) is 61.5 Å². The van der Waals surface area contributed by atoms with Crippen LogP contribution in [0, 0.1) is 0 Å². The van der Waals surface area contributed by atoms with Gasteiger partial charge in [0, 0.05) is 25.7 Å². The van der Waals surface area contributed by atoms with Gasteiger partial charge in [0.25, 0.3) is 0 Å². The predicted octanol–water partition coefficient (Wildman–Crippen LogP) is 2.23. The molecule has 3 aliphatic rings. The summed E-state index contributed by atoms with van der Waals surface area (Å²) < 4.78 is 12.4. The minimum Gasteiger partial charge on any atom is -0.457 e. The van der Waals surface area contributed by atoms with Crippen molar-refractivity contribution >= 4 is 11.8 Å². The molecule has 5 rings (SSSR count). The van der Waals surface area contributed by atoms with Gasteiger partial charge in [0.1, 0.15) is 11.5 Å². The van der Waals surface area contributed by atoms with Crippen LogP contribution >= 0.6 is 0 Å². The zero-order valence-corrected chi connectivity index (χ0v) is 20.5. The lowest BCUT2D eigenvalue weighted by molar-refractivity contribution is -0.131. The van der Waals surface area contributed by atoms with E-state index < -0.39 is 0 Å². The van der Waals surface area contributed by atoms with E-state index in [4.69, 9.17) is 9.47 Å². The fraction of sp³-hybridized carbons (Fsp3) is 0.481. The topological polar surface area (TPSA) is 74.4 Å². The average Bonchev–Trinajstić information content (AvgIpc) is 3.58. The second-order valence-corrected chi connectivity index (χ2v) is 10.1. The molecule has 0 radical (unpaired) electrons. The zero-order valence-electron chi connectivity index (χ0n) is 20.5. The van der Waals surface area contributed by atoms with Crippen LogP contribution in [0.15, 0.2) is 48.5 Å². The van der Waals surface area contributed by atoms with Crippen LogP contribution < -0.4 is 10.1 Å². The zero-order chi connectivity index (χ0) is 24.4. The van der Waals surface area contributed by atoms with E-state index in [-0.39, 0.29) is 24.0 Å². The number of amides is 2. The minimum atomic E-state index is -0.273. The molecule has 2 aromatic rings. The van der Waals surface area contributed by atoms with Crippen molar-refractivity contribution in [1.29, 1.82) is 0 Å². The van der Waals surface area contributed by atoms with Gasteiger partial charge in [-0.05, 0) is 62.3 Å². The molecule has 186 valence electrons. The summed E-state index contributed by atoms with van der Waals surface area (Å²) in [6, 6.07) is 16.1. The molecule has 2 aromatic carbocycles. The lowest BCUT2D eigenvalue weighted by atomic mass is 10.1. The maximum Gasteiger partial charge on any atom is 0.236 e. The summed E-state index contributed by atoms with van der Waals surface area (Å²) in [6.07, 6.45) is 1.95. The molecular weight excluding hydrogens is 444 g/mol. The highest BCUT2D eigenvalue weighted by Gasteiger charge is 2.38. The Hall–Kier alpha value is -2.94. The molecule has 2 heterocycles. The maximum absolute atomic E-state index is 13.1. The summed E-state index contributed by atoms with van der Waals surface area (Å²) in [6.45, 7) is 2.64. The van der Waals surface area contributed by atoms with Crippen LogP contribution in [0.4, 0.5) is 0 Å². The molecule has 0 spiro atoms. The van der Waals surface area contributed by atoms with E-state index in [9.17, 15) is 9.59 Å². The SMILES string of the molecule is CN(C)CC(=O)N1C[C@@H]2NC(=O)CN(C3CC3)Cc3cccc(c3)Oc3cccc(c3)CO[C@H]2C1. The first-order chi connectivity index (χ1) is 16.9. The number of fused-ring (bicyclic) bond motifs is 5. The van der Waals surface area contributed by atoms with Gasteiger partial charge in [-0.2, -0.15) is 0 Å². The van der Waals surface area contributed by atoms with Crippen molar-refractivity contribution < 1.29 is 19.1 Å².